The molecule has 2 N–H and O–H groups in total. The number of methoxy groups -OCH3 is 1. The van der Waals surface area contributed by atoms with Crippen molar-refractivity contribution in [3.05, 3.63) is 65.2 Å². The number of benzene rings is 2. The van der Waals surface area contributed by atoms with Gasteiger partial charge in [-0.25, -0.2) is 13.6 Å². The van der Waals surface area contributed by atoms with E-state index in [1.165, 1.54) is 13.2 Å². The molecule has 0 saturated heterocycles. The molecule has 142 valence electrons. The van der Waals surface area contributed by atoms with Gasteiger partial charge in [0.25, 0.3) is 5.91 Å². The zero-order valence-electron chi connectivity index (χ0n) is 14.6. The molecule has 2 amide bonds. The van der Waals surface area contributed by atoms with Crippen LogP contribution in [0.2, 0.25) is 0 Å². The Morgan fingerprint density at radius 1 is 1.04 bits per heavy atom. The third-order valence-corrected chi connectivity index (χ3v) is 3.65. The molecule has 0 atom stereocenters. The van der Waals surface area contributed by atoms with E-state index in [4.69, 9.17) is 0 Å². The van der Waals surface area contributed by atoms with Gasteiger partial charge in [-0.1, -0.05) is 12.1 Å². The van der Waals surface area contributed by atoms with Gasteiger partial charge >= 0.3 is 5.97 Å². The highest BCUT2D eigenvalue weighted by Crippen LogP contribution is 2.16. The summed E-state index contributed by atoms with van der Waals surface area (Å²) in [5.41, 5.74) is 0.285. The number of nitrogens with one attached hydrogen (secondary N) is 2. The molecule has 0 saturated carbocycles. The predicted molar refractivity (Wildman–Crippen MR) is 94.3 cm³/mol. The van der Waals surface area contributed by atoms with Crippen LogP contribution in [0.25, 0.3) is 0 Å². The molecule has 0 unspecified atom stereocenters. The quantitative estimate of drug-likeness (QED) is 0.575. The topological polar surface area (TPSA) is 84.5 Å². The van der Waals surface area contributed by atoms with Gasteiger partial charge in [-0.2, -0.15) is 0 Å². The molecule has 0 fully saturated rings. The molecule has 0 spiro atoms. The molecule has 0 radical (unpaired) electrons. The average molecular weight is 376 g/mol. The summed E-state index contributed by atoms with van der Waals surface area (Å²) in [6, 6.07) is 9.08. The standard InChI is InChI=1S/C19H18F2N2O4/c1-27-19(26)14-5-2-3-6-16(14)23-17(24)7-4-10-22-18(25)13-9-8-12(20)11-15(13)21/h2-3,5-6,8-9,11H,4,7,10H2,1H3,(H,22,25)(H,23,24). The molecule has 6 nitrogen and oxygen atoms in total. The number of hydrogen-bond acceptors (Lipinski definition) is 4. The maximum absolute atomic E-state index is 13.5. The lowest BCUT2D eigenvalue weighted by molar-refractivity contribution is -0.116. The Morgan fingerprint density at radius 2 is 1.78 bits per heavy atom. The molecule has 0 aliphatic carbocycles. The van der Waals surface area contributed by atoms with Crippen LogP contribution in [0, 0.1) is 11.6 Å². The average Bonchev–Trinajstić information content (AvgIpc) is 2.65. The van der Waals surface area contributed by atoms with Crippen molar-refractivity contribution in [3.8, 4) is 0 Å². The fourth-order valence-corrected chi connectivity index (χ4v) is 2.31. The van der Waals surface area contributed by atoms with E-state index in [1.54, 1.807) is 18.2 Å². The van der Waals surface area contributed by atoms with Gasteiger partial charge in [0.1, 0.15) is 11.6 Å². The fourth-order valence-electron chi connectivity index (χ4n) is 2.31. The van der Waals surface area contributed by atoms with Crippen molar-refractivity contribution in [2.45, 2.75) is 12.8 Å². The van der Waals surface area contributed by atoms with Crippen molar-refractivity contribution in [2.75, 3.05) is 19.0 Å². The molecule has 0 aliphatic heterocycles. The molecule has 8 heteroatoms. The molecule has 2 rings (SSSR count). The van der Waals surface area contributed by atoms with Gasteiger partial charge in [-0.05, 0) is 30.7 Å². The molecule has 0 heterocycles. The Balaban J connectivity index is 1.81. The first-order chi connectivity index (χ1) is 12.9. The number of halogens is 2. The summed E-state index contributed by atoms with van der Waals surface area (Å²) in [4.78, 5) is 35.5. The van der Waals surface area contributed by atoms with Crippen LogP contribution in [-0.2, 0) is 9.53 Å². The zero-order chi connectivity index (χ0) is 19.8. The fraction of sp³-hybridized carbons (Fsp3) is 0.211. The lowest BCUT2D eigenvalue weighted by Gasteiger charge is -2.10. The summed E-state index contributed by atoms with van der Waals surface area (Å²) in [5, 5.41) is 5.07. The van der Waals surface area contributed by atoms with Gasteiger partial charge in [0, 0.05) is 19.0 Å². The highest BCUT2D eigenvalue weighted by molar-refractivity contribution is 6.01. The van der Waals surface area contributed by atoms with Crippen LogP contribution < -0.4 is 10.6 Å². The van der Waals surface area contributed by atoms with Gasteiger partial charge in [0.15, 0.2) is 0 Å². The lowest BCUT2D eigenvalue weighted by atomic mass is 10.1. The van der Waals surface area contributed by atoms with E-state index < -0.39 is 23.5 Å². The van der Waals surface area contributed by atoms with Crippen LogP contribution in [0.1, 0.15) is 33.6 Å². The van der Waals surface area contributed by atoms with E-state index in [2.05, 4.69) is 15.4 Å². The van der Waals surface area contributed by atoms with Crippen molar-refractivity contribution in [1.29, 1.82) is 0 Å². The van der Waals surface area contributed by atoms with Crippen LogP contribution >= 0.6 is 0 Å². The summed E-state index contributed by atoms with van der Waals surface area (Å²) < 4.78 is 31.0. The van der Waals surface area contributed by atoms with Crippen molar-refractivity contribution >= 4 is 23.5 Å². The van der Waals surface area contributed by atoms with Crippen molar-refractivity contribution in [2.24, 2.45) is 0 Å². The Hall–Kier alpha value is -3.29. The summed E-state index contributed by atoms with van der Waals surface area (Å²) in [6.45, 7) is 0.127. The molecule has 0 bridgehead atoms. The minimum atomic E-state index is -0.954. The van der Waals surface area contributed by atoms with Crippen molar-refractivity contribution in [1.82, 2.24) is 5.32 Å². The molecule has 0 aliphatic rings. The molecule has 0 aromatic heterocycles. The number of para-hydroxylation sites is 1. The largest absolute Gasteiger partial charge is 0.465 e. The third-order valence-electron chi connectivity index (χ3n) is 3.65. The number of esters is 1. The Labute approximate surface area is 154 Å². The van der Waals surface area contributed by atoms with Gasteiger partial charge in [-0.15, -0.1) is 0 Å². The second-order valence-corrected chi connectivity index (χ2v) is 5.57. The van der Waals surface area contributed by atoms with Crippen LogP contribution in [-0.4, -0.2) is 31.4 Å². The van der Waals surface area contributed by atoms with E-state index in [9.17, 15) is 23.2 Å². The van der Waals surface area contributed by atoms with E-state index in [-0.39, 0.29) is 30.0 Å². The number of amides is 2. The van der Waals surface area contributed by atoms with Gasteiger partial charge in [0.05, 0.1) is 23.9 Å². The molecular weight excluding hydrogens is 358 g/mol. The summed E-state index contributed by atoms with van der Waals surface area (Å²) >= 11 is 0. The van der Waals surface area contributed by atoms with Gasteiger partial charge in [-0.3, -0.25) is 9.59 Å². The van der Waals surface area contributed by atoms with Crippen molar-refractivity contribution < 1.29 is 27.9 Å². The van der Waals surface area contributed by atoms with Gasteiger partial charge < -0.3 is 15.4 Å². The highest BCUT2D eigenvalue weighted by atomic mass is 19.1. The van der Waals surface area contributed by atoms with E-state index in [0.29, 0.717) is 18.2 Å². The molecule has 27 heavy (non-hydrogen) atoms. The monoisotopic (exact) mass is 376 g/mol. The Bertz CT molecular complexity index is 855. The second kappa shape index (κ2) is 9.42. The first kappa shape index (κ1) is 20.0. The number of carbonyl (C=O) groups is 3. The lowest BCUT2D eigenvalue weighted by Crippen LogP contribution is -2.26. The molecular formula is C19H18F2N2O4. The number of carbonyl (C=O) groups excluding carboxylic acids is 3. The van der Waals surface area contributed by atoms with Gasteiger partial charge in [0.2, 0.25) is 5.91 Å². The van der Waals surface area contributed by atoms with Crippen LogP contribution in [0.5, 0.6) is 0 Å². The summed E-state index contributed by atoms with van der Waals surface area (Å²) in [6.07, 6.45) is 0.364. The predicted octanol–water partition coefficient (Wildman–Crippen LogP) is 2.90. The van der Waals surface area contributed by atoms with Crippen LogP contribution in [0.15, 0.2) is 42.5 Å². The summed E-state index contributed by atoms with van der Waals surface area (Å²) in [7, 11) is 1.24. The Morgan fingerprint density at radius 3 is 2.48 bits per heavy atom. The number of anilines is 1. The normalized spacial score (nSPS) is 10.2. The number of ether oxygens (including phenoxy) is 1. The number of hydrogen-bond donors (Lipinski definition) is 2. The van der Waals surface area contributed by atoms with E-state index in [1.807, 2.05) is 0 Å². The van der Waals surface area contributed by atoms with Crippen LogP contribution in [0.3, 0.4) is 0 Å². The molecule has 2 aromatic rings. The first-order valence-corrected chi connectivity index (χ1v) is 8.13. The zero-order valence-corrected chi connectivity index (χ0v) is 14.6. The maximum Gasteiger partial charge on any atom is 0.339 e. The highest BCUT2D eigenvalue weighted by Gasteiger charge is 2.14. The van der Waals surface area contributed by atoms with Crippen LogP contribution in [0.4, 0.5) is 14.5 Å². The van der Waals surface area contributed by atoms with E-state index in [0.717, 1.165) is 12.1 Å². The second-order valence-electron chi connectivity index (χ2n) is 5.57. The summed E-state index contributed by atoms with van der Waals surface area (Å²) in [5.74, 6) is -3.34. The smallest absolute Gasteiger partial charge is 0.339 e. The Kier molecular flexibility index (Phi) is 6.99. The van der Waals surface area contributed by atoms with E-state index >= 15 is 0 Å². The minimum Gasteiger partial charge on any atom is -0.465 e. The third kappa shape index (κ3) is 5.60. The molecule has 2 aromatic carbocycles. The number of rotatable bonds is 7. The minimum absolute atomic E-state index is 0.0711. The SMILES string of the molecule is COC(=O)c1ccccc1NC(=O)CCCNC(=O)c1ccc(F)cc1F. The van der Waals surface area contributed by atoms with Crippen molar-refractivity contribution in [3.63, 3.8) is 0 Å². The maximum atomic E-state index is 13.5. The first-order valence-electron chi connectivity index (χ1n) is 8.13.